The van der Waals surface area contributed by atoms with Gasteiger partial charge < -0.3 is 15.8 Å². The van der Waals surface area contributed by atoms with E-state index in [2.05, 4.69) is 10.2 Å². The van der Waals surface area contributed by atoms with Crippen LogP contribution in [0, 0.1) is 0 Å². The van der Waals surface area contributed by atoms with Crippen molar-refractivity contribution < 1.29 is 9.53 Å². The third kappa shape index (κ3) is 3.73. The number of amides is 1. The molecule has 1 aliphatic rings. The summed E-state index contributed by atoms with van der Waals surface area (Å²) in [5.41, 5.74) is 4.84. The minimum atomic E-state index is -0.590. The molecule has 0 aromatic carbocycles. The molecule has 0 bridgehead atoms. The molecular formula is C11H23N3O2. The predicted octanol–water partition coefficient (Wildman–Crippen LogP) is -0.438. The topological polar surface area (TPSA) is 67.6 Å². The second-order valence-electron chi connectivity index (χ2n) is 4.43. The van der Waals surface area contributed by atoms with Gasteiger partial charge in [0.25, 0.3) is 0 Å². The van der Waals surface area contributed by atoms with Crippen LogP contribution in [0.2, 0.25) is 0 Å². The summed E-state index contributed by atoms with van der Waals surface area (Å²) < 4.78 is 5.28. The molecule has 5 nitrogen and oxygen atoms in total. The van der Waals surface area contributed by atoms with Crippen LogP contribution >= 0.6 is 0 Å². The molecule has 1 saturated heterocycles. The van der Waals surface area contributed by atoms with Crippen molar-refractivity contribution in [3.63, 3.8) is 0 Å². The molecule has 0 saturated carbocycles. The number of likely N-dealkylation sites (N-methyl/N-ethyl adjacent to an activating group) is 1. The molecule has 94 valence electrons. The van der Waals surface area contributed by atoms with E-state index in [0.29, 0.717) is 0 Å². The van der Waals surface area contributed by atoms with Crippen LogP contribution in [-0.2, 0) is 9.53 Å². The highest BCUT2D eigenvalue weighted by atomic mass is 16.5. The molecule has 1 heterocycles. The predicted molar refractivity (Wildman–Crippen MR) is 63.2 cm³/mol. The van der Waals surface area contributed by atoms with Crippen molar-refractivity contribution in [1.82, 2.24) is 10.2 Å². The highest BCUT2D eigenvalue weighted by Crippen LogP contribution is 2.11. The molecule has 0 radical (unpaired) electrons. The third-order valence-corrected chi connectivity index (χ3v) is 3.14. The van der Waals surface area contributed by atoms with Gasteiger partial charge in [0.1, 0.15) is 0 Å². The molecule has 0 aromatic heterocycles. The third-order valence-electron chi connectivity index (χ3n) is 3.14. The number of carbonyl (C=O) groups excluding carboxylic acids is 1. The molecule has 1 unspecified atom stereocenters. The van der Waals surface area contributed by atoms with Gasteiger partial charge in [0.05, 0.1) is 18.8 Å². The van der Waals surface area contributed by atoms with E-state index in [4.69, 9.17) is 10.5 Å². The summed E-state index contributed by atoms with van der Waals surface area (Å²) in [6, 6.07) is 0. The number of morpholine rings is 1. The fourth-order valence-corrected chi connectivity index (χ4v) is 1.90. The first-order valence-corrected chi connectivity index (χ1v) is 5.93. The van der Waals surface area contributed by atoms with E-state index < -0.39 is 5.54 Å². The lowest BCUT2D eigenvalue weighted by Gasteiger charge is -2.32. The van der Waals surface area contributed by atoms with Crippen molar-refractivity contribution in [1.29, 1.82) is 0 Å². The number of primary amides is 1. The summed E-state index contributed by atoms with van der Waals surface area (Å²) in [6.07, 6.45) is 0.746. The molecule has 1 rings (SSSR count). The molecule has 5 heteroatoms. The molecule has 0 aliphatic carbocycles. The Balaban J connectivity index is 2.39. The van der Waals surface area contributed by atoms with E-state index in [1.807, 2.05) is 13.8 Å². The molecule has 1 amide bonds. The van der Waals surface area contributed by atoms with E-state index >= 15 is 0 Å². The highest BCUT2D eigenvalue weighted by molar-refractivity contribution is 5.84. The van der Waals surface area contributed by atoms with Crippen LogP contribution in [-0.4, -0.2) is 55.7 Å². The van der Waals surface area contributed by atoms with Crippen LogP contribution in [0.1, 0.15) is 20.3 Å². The highest BCUT2D eigenvalue weighted by Gasteiger charge is 2.30. The van der Waals surface area contributed by atoms with Gasteiger partial charge in [0.15, 0.2) is 0 Å². The lowest BCUT2D eigenvalue weighted by Crippen LogP contribution is -2.55. The molecule has 16 heavy (non-hydrogen) atoms. The molecule has 1 fully saturated rings. The lowest BCUT2D eigenvalue weighted by molar-refractivity contribution is -0.124. The Morgan fingerprint density at radius 1 is 1.50 bits per heavy atom. The summed E-state index contributed by atoms with van der Waals surface area (Å²) in [6.45, 7) is 8.96. The normalized spacial score (nSPS) is 21.6. The first-order valence-electron chi connectivity index (χ1n) is 5.93. The van der Waals surface area contributed by atoms with Crippen molar-refractivity contribution in [3.8, 4) is 0 Å². The second kappa shape index (κ2) is 6.18. The maximum absolute atomic E-state index is 11.4. The Kier molecular flexibility index (Phi) is 5.18. The van der Waals surface area contributed by atoms with Gasteiger partial charge in [-0.25, -0.2) is 0 Å². The zero-order valence-corrected chi connectivity index (χ0v) is 10.3. The average Bonchev–Trinajstić information content (AvgIpc) is 2.28. The smallest absolute Gasteiger partial charge is 0.237 e. The van der Waals surface area contributed by atoms with Crippen LogP contribution in [0.5, 0.6) is 0 Å². The van der Waals surface area contributed by atoms with E-state index in [-0.39, 0.29) is 5.91 Å². The zero-order chi connectivity index (χ0) is 12.0. The maximum Gasteiger partial charge on any atom is 0.237 e. The number of ether oxygens (including phenoxy) is 1. The van der Waals surface area contributed by atoms with Gasteiger partial charge in [-0.1, -0.05) is 6.92 Å². The van der Waals surface area contributed by atoms with Crippen molar-refractivity contribution in [2.24, 2.45) is 5.73 Å². The maximum atomic E-state index is 11.4. The number of nitrogens with one attached hydrogen (secondary N) is 1. The van der Waals surface area contributed by atoms with Crippen LogP contribution in [0.25, 0.3) is 0 Å². The number of rotatable bonds is 6. The molecule has 3 N–H and O–H groups in total. The number of carbonyl (C=O) groups is 1. The van der Waals surface area contributed by atoms with Crippen molar-refractivity contribution in [3.05, 3.63) is 0 Å². The summed E-state index contributed by atoms with van der Waals surface area (Å²) in [7, 11) is 0. The molecule has 0 spiro atoms. The number of nitrogens with two attached hydrogens (primary N) is 1. The lowest BCUT2D eigenvalue weighted by atomic mass is 9.96. The Morgan fingerprint density at radius 3 is 2.62 bits per heavy atom. The standard InChI is InChI=1S/C11H23N3O2/c1-3-13-11(2,10(12)15)4-5-14-6-8-16-9-7-14/h13H,3-9H2,1-2H3,(H2,12,15). The zero-order valence-electron chi connectivity index (χ0n) is 10.3. The van der Waals surface area contributed by atoms with Gasteiger partial charge in [0, 0.05) is 19.6 Å². The van der Waals surface area contributed by atoms with Crippen LogP contribution in [0.3, 0.4) is 0 Å². The summed E-state index contributed by atoms with van der Waals surface area (Å²) >= 11 is 0. The average molecular weight is 229 g/mol. The summed E-state index contributed by atoms with van der Waals surface area (Å²) in [4.78, 5) is 13.7. The van der Waals surface area contributed by atoms with Gasteiger partial charge in [0.2, 0.25) is 5.91 Å². The van der Waals surface area contributed by atoms with Crippen molar-refractivity contribution >= 4 is 5.91 Å². The van der Waals surface area contributed by atoms with Gasteiger partial charge >= 0.3 is 0 Å². The van der Waals surface area contributed by atoms with E-state index in [1.165, 1.54) is 0 Å². The summed E-state index contributed by atoms with van der Waals surface area (Å²) in [5.74, 6) is -0.275. The quantitative estimate of drug-likeness (QED) is 0.648. The monoisotopic (exact) mass is 229 g/mol. The van der Waals surface area contributed by atoms with E-state index in [1.54, 1.807) is 0 Å². The molecule has 1 atom stereocenters. The number of hydrogen-bond donors (Lipinski definition) is 2. The van der Waals surface area contributed by atoms with Gasteiger partial charge in [-0.2, -0.15) is 0 Å². The Labute approximate surface area is 97.3 Å². The SMILES string of the molecule is CCNC(C)(CCN1CCOCC1)C(N)=O. The van der Waals surface area contributed by atoms with Crippen LogP contribution in [0.15, 0.2) is 0 Å². The first kappa shape index (κ1) is 13.4. The summed E-state index contributed by atoms with van der Waals surface area (Å²) in [5, 5.41) is 3.17. The fraction of sp³-hybridized carbons (Fsp3) is 0.909. The fourth-order valence-electron chi connectivity index (χ4n) is 1.90. The van der Waals surface area contributed by atoms with Crippen LogP contribution in [0.4, 0.5) is 0 Å². The number of hydrogen-bond acceptors (Lipinski definition) is 4. The minimum Gasteiger partial charge on any atom is -0.379 e. The Hall–Kier alpha value is -0.650. The molecule has 1 aliphatic heterocycles. The number of nitrogens with zero attached hydrogens (tertiary/aromatic N) is 1. The molecule has 0 aromatic rings. The van der Waals surface area contributed by atoms with Crippen LogP contribution < -0.4 is 11.1 Å². The minimum absolute atomic E-state index is 0.275. The van der Waals surface area contributed by atoms with Gasteiger partial charge in [-0.15, -0.1) is 0 Å². The van der Waals surface area contributed by atoms with Gasteiger partial charge in [-0.05, 0) is 19.9 Å². The second-order valence-corrected chi connectivity index (χ2v) is 4.43. The largest absolute Gasteiger partial charge is 0.379 e. The Morgan fingerprint density at radius 2 is 2.12 bits per heavy atom. The van der Waals surface area contributed by atoms with E-state index in [9.17, 15) is 4.79 Å². The van der Waals surface area contributed by atoms with Crippen molar-refractivity contribution in [2.45, 2.75) is 25.8 Å². The Bertz CT molecular complexity index is 229. The van der Waals surface area contributed by atoms with E-state index in [0.717, 1.165) is 45.8 Å². The molecular weight excluding hydrogens is 206 g/mol. The van der Waals surface area contributed by atoms with Crippen molar-refractivity contribution in [2.75, 3.05) is 39.4 Å². The first-order chi connectivity index (χ1) is 7.58. The van der Waals surface area contributed by atoms with Gasteiger partial charge in [-0.3, -0.25) is 9.69 Å².